The summed E-state index contributed by atoms with van der Waals surface area (Å²) in [6.07, 6.45) is 5.31. The quantitative estimate of drug-likeness (QED) is 0.838. The zero-order valence-corrected chi connectivity index (χ0v) is 12.6. The van der Waals surface area contributed by atoms with Gasteiger partial charge in [0.25, 0.3) is 0 Å². The van der Waals surface area contributed by atoms with E-state index in [0.717, 1.165) is 45.2 Å². The number of amides is 1. The number of likely N-dealkylation sites (tertiary alicyclic amines) is 1. The summed E-state index contributed by atoms with van der Waals surface area (Å²) in [5, 5.41) is 0. The smallest absolute Gasteiger partial charge is 0.226 e. The van der Waals surface area contributed by atoms with E-state index in [-0.39, 0.29) is 12.0 Å². The Morgan fingerprint density at radius 2 is 2.05 bits per heavy atom. The molecule has 0 aromatic carbocycles. The summed E-state index contributed by atoms with van der Waals surface area (Å²) in [7, 11) is 4.17. The lowest BCUT2D eigenvalue weighted by Gasteiger charge is -2.35. The van der Waals surface area contributed by atoms with E-state index in [0.29, 0.717) is 17.9 Å². The molecule has 4 nitrogen and oxygen atoms in total. The number of rotatable bonds is 3. The lowest BCUT2D eigenvalue weighted by Crippen LogP contribution is -2.47. The van der Waals surface area contributed by atoms with Gasteiger partial charge in [0.05, 0.1) is 0 Å². The van der Waals surface area contributed by atoms with Gasteiger partial charge in [-0.3, -0.25) is 4.79 Å². The molecule has 1 aliphatic carbocycles. The molecular weight excluding hydrogens is 238 g/mol. The molecule has 4 atom stereocenters. The number of nitrogens with zero attached hydrogens (tertiary/aromatic N) is 2. The standard InChI is InChI=1S/C15H29N3O/c1-11-6-7-12(9-14(11)16)15(19)18-8-4-5-13(18)10-17(2)3/h11-14H,4-10,16H2,1-3H3. The zero-order chi connectivity index (χ0) is 14.0. The summed E-state index contributed by atoms with van der Waals surface area (Å²) in [4.78, 5) is 17.0. The van der Waals surface area contributed by atoms with Crippen LogP contribution in [0.5, 0.6) is 0 Å². The van der Waals surface area contributed by atoms with Gasteiger partial charge in [-0.05, 0) is 52.1 Å². The van der Waals surface area contributed by atoms with Crippen molar-refractivity contribution in [1.29, 1.82) is 0 Å². The van der Waals surface area contributed by atoms with E-state index in [1.807, 2.05) is 0 Å². The van der Waals surface area contributed by atoms with Crippen LogP contribution in [0, 0.1) is 11.8 Å². The minimum absolute atomic E-state index is 0.175. The second kappa shape index (κ2) is 6.23. The van der Waals surface area contributed by atoms with Gasteiger partial charge in [-0.25, -0.2) is 0 Å². The van der Waals surface area contributed by atoms with Crippen LogP contribution in [-0.4, -0.2) is 55.0 Å². The van der Waals surface area contributed by atoms with Crippen molar-refractivity contribution >= 4 is 5.91 Å². The van der Waals surface area contributed by atoms with Crippen molar-refractivity contribution in [3.05, 3.63) is 0 Å². The average Bonchev–Trinajstić information content (AvgIpc) is 2.79. The molecule has 0 radical (unpaired) electrons. The molecule has 0 aromatic heterocycles. The maximum atomic E-state index is 12.7. The maximum absolute atomic E-state index is 12.7. The van der Waals surface area contributed by atoms with Crippen LogP contribution in [0.2, 0.25) is 0 Å². The monoisotopic (exact) mass is 267 g/mol. The van der Waals surface area contributed by atoms with Crippen molar-refractivity contribution in [2.24, 2.45) is 17.6 Å². The van der Waals surface area contributed by atoms with Crippen LogP contribution in [0.1, 0.15) is 39.0 Å². The van der Waals surface area contributed by atoms with E-state index in [4.69, 9.17) is 5.73 Å². The zero-order valence-electron chi connectivity index (χ0n) is 12.6. The Morgan fingerprint density at radius 1 is 1.32 bits per heavy atom. The predicted molar refractivity (Wildman–Crippen MR) is 77.8 cm³/mol. The van der Waals surface area contributed by atoms with Crippen LogP contribution in [0.4, 0.5) is 0 Å². The highest BCUT2D eigenvalue weighted by Gasteiger charge is 2.36. The average molecular weight is 267 g/mol. The highest BCUT2D eigenvalue weighted by atomic mass is 16.2. The molecule has 1 saturated carbocycles. The molecule has 2 N–H and O–H groups in total. The normalized spacial score (nSPS) is 35.9. The number of hydrogen-bond acceptors (Lipinski definition) is 3. The number of carbonyl (C=O) groups is 1. The van der Waals surface area contributed by atoms with Crippen LogP contribution < -0.4 is 5.73 Å². The van der Waals surface area contributed by atoms with Gasteiger partial charge >= 0.3 is 0 Å². The van der Waals surface area contributed by atoms with Gasteiger partial charge in [-0.15, -0.1) is 0 Å². The molecule has 2 fully saturated rings. The lowest BCUT2D eigenvalue weighted by atomic mass is 9.79. The fraction of sp³-hybridized carbons (Fsp3) is 0.933. The molecule has 0 spiro atoms. The number of carbonyl (C=O) groups excluding carboxylic acids is 1. The minimum atomic E-state index is 0.175. The van der Waals surface area contributed by atoms with E-state index < -0.39 is 0 Å². The van der Waals surface area contributed by atoms with E-state index in [9.17, 15) is 4.79 Å². The molecule has 19 heavy (non-hydrogen) atoms. The number of nitrogens with two attached hydrogens (primary N) is 1. The highest BCUT2D eigenvalue weighted by Crippen LogP contribution is 2.31. The Labute approximate surface area is 117 Å². The molecule has 2 aliphatic rings. The molecule has 1 saturated heterocycles. The van der Waals surface area contributed by atoms with Crippen LogP contribution >= 0.6 is 0 Å². The van der Waals surface area contributed by atoms with Crippen molar-refractivity contribution < 1.29 is 4.79 Å². The van der Waals surface area contributed by atoms with Gasteiger partial charge < -0.3 is 15.5 Å². The molecule has 110 valence electrons. The van der Waals surface area contributed by atoms with Gasteiger partial charge in [0, 0.05) is 31.1 Å². The third-order valence-corrected chi connectivity index (χ3v) is 4.84. The molecule has 4 heteroatoms. The summed E-state index contributed by atoms with van der Waals surface area (Å²) in [5.41, 5.74) is 6.14. The van der Waals surface area contributed by atoms with E-state index >= 15 is 0 Å². The van der Waals surface area contributed by atoms with Gasteiger partial charge in [0.1, 0.15) is 0 Å². The summed E-state index contributed by atoms with van der Waals surface area (Å²) in [6, 6.07) is 0.621. The minimum Gasteiger partial charge on any atom is -0.338 e. The van der Waals surface area contributed by atoms with Gasteiger partial charge in [-0.1, -0.05) is 6.92 Å². The topological polar surface area (TPSA) is 49.6 Å². The predicted octanol–water partition coefficient (Wildman–Crippen LogP) is 1.30. The van der Waals surface area contributed by atoms with Crippen molar-refractivity contribution in [2.45, 2.75) is 51.1 Å². The Morgan fingerprint density at radius 3 is 2.68 bits per heavy atom. The fourth-order valence-electron chi connectivity index (χ4n) is 3.55. The van der Waals surface area contributed by atoms with Crippen molar-refractivity contribution in [1.82, 2.24) is 9.80 Å². The van der Waals surface area contributed by atoms with Crippen LogP contribution in [-0.2, 0) is 4.79 Å². The lowest BCUT2D eigenvalue weighted by molar-refractivity contribution is -0.138. The molecule has 0 aromatic rings. The molecule has 1 aliphatic heterocycles. The Balaban J connectivity index is 1.95. The van der Waals surface area contributed by atoms with Gasteiger partial charge in [0.2, 0.25) is 5.91 Å². The second-order valence-corrected chi connectivity index (χ2v) is 6.74. The van der Waals surface area contributed by atoms with Gasteiger partial charge in [-0.2, -0.15) is 0 Å². The first-order valence-electron chi connectivity index (χ1n) is 7.69. The molecule has 1 heterocycles. The number of likely N-dealkylation sites (N-methyl/N-ethyl adjacent to an activating group) is 1. The number of hydrogen-bond donors (Lipinski definition) is 1. The Kier molecular flexibility index (Phi) is 4.85. The third-order valence-electron chi connectivity index (χ3n) is 4.84. The van der Waals surface area contributed by atoms with Crippen molar-refractivity contribution in [2.75, 3.05) is 27.2 Å². The first-order valence-corrected chi connectivity index (χ1v) is 7.69. The first kappa shape index (κ1) is 14.8. The van der Waals surface area contributed by atoms with E-state index in [1.54, 1.807) is 0 Å². The Hall–Kier alpha value is -0.610. The largest absolute Gasteiger partial charge is 0.338 e. The molecular formula is C15H29N3O. The summed E-state index contributed by atoms with van der Waals surface area (Å²) in [6.45, 7) is 4.13. The summed E-state index contributed by atoms with van der Waals surface area (Å²) < 4.78 is 0. The fourth-order valence-corrected chi connectivity index (χ4v) is 3.55. The van der Waals surface area contributed by atoms with E-state index in [2.05, 4.69) is 30.8 Å². The van der Waals surface area contributed by atoms with Crippen LogP contribution in [0.15, 0.2) is 0 Å². The maximum Gasteiger partial charge on any atom is 0.226 e. The summed E-state index contributed by atoms with van der Waals surface area (Å²) >= 11 is 0. The molecule has 2 rings (SSSR count). The SMILES string of the molecule is CC1CCC(C(=O)N2CCCC2CN(C)C)CC1N. The molecule has 0 bridgehead atoms. The third kappa shape index (κ3) is 3.48. The van der Waals surface area contributed by atoms with Gasteiger partial charge in [0.15, 0.2) is 0 Å². The van der Waals surface area contributed by atoms with Crippen LogP contribution in [0.25, 0.3) is 0 Å². The summed E-state index contributed by atoms with van der Waals surface area (Å²) in [5.74, 6) is 1.11. The first-order chi connectivity index (χ1) is 8.99. The highest BCUT2D eigenvalue weighted by molar-refractivity contribution is 5.79. The second-order valence-electron chi connectivity index (χ2n) is 6.74. The van der Waals surface area contributed by atoms with Crippen molar-refractivity contribution in [3.8, 4) is 0 Å². The van der Waals surface area contributed by atoms with E-state index in [1.165, 1.54) is 0 Å². The Bertz CT molecular complexity index is 319. The van der Waals surface area contributed by atoms with Crippen molar-refractivity contribution in [3.63, 3.8) is 0 Å². The van der Waals surface area contributed by atoms with Crippen LogP contribution in [0.3, 0.4) is 0 Å². The molecule has 4 unspecified atom stereocenters. The molecule has 1 amide bonds.